The van der Waals surface area contributed by atoms with Gasteiger partial charge >= 0.3 is 6.36 Å². The van der Waals surface area contributed by atoms with E-state index in [0.717, 1.165) is 0 Å². The van der Waals surface area contributed by atoms with E-state index in [0.29, 0.717) is 31.1 Å². The Morgan fingerprint density at radius 3 is 2.86 bits per heavy atom. The second-order valence-electron chi connectivity index (χ2n) is 4.57. The summed E-state index contributed by atoms with van der Waals surface area (Å²) in [7, 11) is 0. The van der Waals surface area contributed by atoms with E-state index in [2.05, 4.69) is 4.74 Å². The second kappa shape index (κ2) is 7.23. The van der Waals surface area contributed by atoms with Crippen LogP contribution < -0.4 is 4.74 Å². The number of benzene rings is 1. The first-order chi connectivity index (χ1) is 10.4. The fraction of sp³-hybridized carbons (Fsp3) is 0.500. The lowest BCUT2D eigenvalue weighted by Gasteiger charge is -2.24. The average Bonchev–Trinajstić information content (AvgIpc) is 2.79. The van der Waals surface area contributed by atoms with Crippen LogP contribution in [0.1, 0.15) is 17.9 Å². The molecule has 22 heavy (non-hydrogen) atoms. The van der Waals surface area contributed by atoms with E-state index in [1.807, 2.05) is 6.92 Å². The van der Waals surface area contributed by atoms with Gasteiger partial charge in [-0.2, -0.15) is 0 Å². The van der Waals surface area contributed by atoms with Gasteiger partial charge in [-0.05, 0) is 24.6 Å². The van der Waals surface area contributed by atoms with Crippen LogP contribution in [0.3, 0.4) is 0 Å². The largest absolute Gasteiger partial charge is 0.573 e. The van der Waals surface area contributed by atoms with Crippen LogP contribution in [0.15, 0.2) is 24.3 Å². The van der Waals surface area contributed by atoms with Gasteiger partial charge in [0.05, 0.1) is 12.4 Å². The average molecular weight is 335 g/mol. The van der Waals surface area contributed by atoms with Crippen LogP contribution in [0, 0.1) is 0 Å². The number of amides is 1. The van der Waals surface area contributed by atoms with E-state index in [4.69, 9.17) is 4.74 Å². The highest BCUT2D eigenvalue weighted by atomic mass is 32.2. The predicted octanol–water partition coefficient (Wildman–Crippen LogP) is 3.20. The Morgan fingerprint density at radius 2 is 2.18 bits per heavy atom. The molecule has 8 heteroatoms. The number of alkyl halides is 3. The molecule has 0 radical (unpaired) electrons. The summed E-state index contributed by atoms with van der Waals surface area (Å²) in [5.74, 6) is -0.0206. The number of nitrogens with zero attached hydrogens (tertiary/aromatic N) is 1. The number of thioether (sulfide) groups is 1. The molecular weight excluding hydrogens is 319 g/mol. The maximum absolute atomic E-state index is 12.3. The quantitative estimate of drug-likeness (QED) is 0.749. The van der Waals surface area contributed by atoms with Crippen LogP contribution in [-0.4, -0.2) is 42.7 Å². The van der Waals surface area contributed by atoms with Crippen molar-refractivity contribution >= 4 is 17.7 Å². The summed E-state index contributed by atoms with van der Waals surface area (Å²) in [5.41, 5.74) is 0.606. The number of hydrogen-bond donors (Lipinski definition) is 0. The zero-order chi connectivity index (χ0) is 16.2. The lowest BCUT2D eigenvalue weighted by molar-refractivity contribution is -0.274. The molecule has 2 rings (SSSR count). The monoisotopic (exact) mass is 335 g/mol. The van der Waals surface area contributed by atoms with Gasteiger partial charge in [0, 0.05) is 13.2 Å². The molecule has 1 saturated heterocycles. The Morgan fingerprint density at radius 1 is 1.41 bits per heavy atom. The zero-order valence-electron chi connectivity index (χ0n) is 11.9. The van der Waals surface area contributed by atoms with Gasteiger partial charge in [0.2, 0.25) is 5.91 Å². The maximum atomic E-state index is 12.3. The van der Waals surface area contributed by atoms with Gasteiger partial charge in [-0.3, -0.25) is 4.79 Å². The van der Waals surface area contributed by atoms with Crippen molar-refractivity contribution in [1.82, 2.24) is 4.90 Å². The van der Waals surface area contributed by atoms with Crippen molar-refractivity contribution in [2.45, 2.75) is 18.7 Å². The maximum Gasteiger partial charge on any atom is 0.573 e. The summed E-state index contributed by atoms with van der Waals surface area (Å²) in [6, 6.07) is 5.73. The number of rotatable bonds is 6. The van der Waals surface area contributed by atoms with Crippen LogP contribution in [-0.2, 0) is 9.53 Å². The topological polar surface area (TPSA) is 38.8 Å². The van der Waals surface area contributed by atoms with Gasteiger partial charge in [-0.25, -0.2) is 0 Å². The molecule has 0 saturated carbocycles. The summed E-state index contributed by atoms with van der Waals surface area (Å²) >= 11 is 1.38. The summed E-state index contributed by atoms with van der Waals surface area (Å²) in [5, 5.41) is -0.315. The SMILES string of the molecule is CCOCCN1C(=O)CSC1c1cccc(OC(F)(F)F)c1. The number of carbonyl (C=O) groups excluding carboxylic acids is 1. The van der Waals surface area contributed by atoms with Gasteiger partial charge in [0.15, 0.2) is 0 Å². The van der Waals surface area contributed by atoms with Gasteiger partial charge < -0.3 is 14.4 Å². The Hall–Kier alpha value is -1.41. The number of ether oxygens (including phenoxy) is 2. The molecule has 0 aromatic heterocycles. The van der Waals surface area contributed by atoms with Crippen molar-refractivity contribution in [2.24, 2.45) is 0 Å². The normalized spacial score (nSPS) is 18.8. The first kappa shape index (κ1) is 17.0. The highest BCUT2D eigenvalue weighted by Gasteiger charge is 2.34. The number of halogens is 3. The fourth-order valence-electron chi connectivity index (χ4n) is 2.14. The van der Waals surface area contributed by atoms with Crippen LogP contribution >= 0.6 is 11.8 Å². The molecule has 0 bridgehead atoms. The molecule has 0 N–H and O–H groups in total. The van der Waals surface area contributed by atoms with E-state index >= 15 is 0 Å². The van der Waals surface area contributed by atoms with Crippen molar-refractivity contribution in [1.29, 1.82) is 0 Å². The Balaban J connectivity index is 2.12. The summed E-state index contributed by atoms with van der Waals surface area (Å²) in [4.78, 5) is 13.5. The highest BCUT2D eigenvalue weighted by molar-refractivity contribution is 8.00. The molecule has 0 aliphatic carbocycles. The van der Waals surface area contributed by atoms with Crippen molar-refractivity contribution in [3.05, 3.63) is 29.8 Å². The molecule has 1 heterocycles. The van der Waals surface area contributed by atoms with Crippen LogP contribution in [0.25, 0.3) is 0 Å². The molecular formula is C14H16F3NO3S. The number of hydrogen-bond acceptors (Lipinski definition) is 4. The third-order valence-electron chi connectivity index (χ3n) is 3.03. The van der Waals surface area contributed by atoms with Crippen molar-refractivity contribution in [2.75, 3.05) is 25.5 Å². The van der Waals surface area contributed by atoms with E-state index < -0.39 is 6.36 Å². The Kier molecular flexibility index (Phi) is 5.57. The van der Waals surface area contributed by atoms with Gasteiger partial charge in [-0.15, -0.1) is 24.9 Å². The van der Waals surface area contributed by atoms with Crippen molar-refractivity contribution in [3.63, 3.8) is 0 Å². The molecule has 4 nitrogen and oxygen atoms in total. The molecule has 1 aliphatic rings. The lowest BCUT2D eigenvalue weighted by atomic mass is 10.2. The molecule has 1 aliphatic heterocycles. The molecule has 1 fully saturated rings. The molecule has 1 amide bonds. The van der Waals surface area contributed by atoms with Gasteiger partial charge in [0.1, 0.15) is 11.1 Å². The van der Waals surface area contributed by atoms with Crippen LogP contribution in [0.2, 0.25) is 0 Å². The molecule has 122 valence electrons. The molecule has 1 atom stereocenters. The highest BCUT2D eigenvalue weighted by Crippen LogP contribution is 2.39. The minimum absolute atomic E-state index is 0.0446. The van der Waals surface area contributed by atoms with Crippen molar-refractivity contribution < 1.29 is 27.4 Å². The molecule has 1 aromatic rings. The smallest absolute Gasteiger partial charge is 0.406 e. The Labute approximate surface area is 130 Å². The number of carbonyl (C=O) groups is 1. The summed E-state index contributed by atoms with van der Waals surface area (Å²) in [6.45, 7) is 3.22. The zero-order valence-corrected chi connectivity index (χ0v) is 12.7. The first-order valence-electron chi connectivity index (χ1n) is 6.75. The predicted molar refractivity (Wildman–Crippen MR) is 76.5 cm³/mol. The van der Waals surface area contributed by atoms with E-state index in [1.54, 1.807) is 11.0 Å². The van der Waals surface area contributed by atoms with E-state index in [-0.39, 0.29) is 17.0 Å². The van der Waals surface area contributed by atoms with Crippen LogP contribution in [0.5, 0.6) is 5.75 Å². The minimum Gasteiger partial charge on any atom is -0.406 e. The van der Waals surface area contributed by atoms with Crippen LogP contribution in [0.4, 0.5) is 13.2 Å². The Bertz CT molecular complexity index is 524. The third-order valence-corrected chi connectivity index (χ3v) is 4.28. The third kappa shape index (κ3) is 4.54. The summed E-state index contributed by atoms with van der Waals surface area (Å²) in [6.07, 6.45) is -4.73. The fourth-order valence-corrected chi connectivity index (χ4v) is 3.35. The van der Waals surface area contributed by atoms with Crippen molar-refractivity contribution in [3.8, 4) is 5.75 Å². The van der Waals surface area contributed by atoms with Gasteiger partial charge in [0.25, 0.3) is 0 Å². The first-order valence-corrected chi connectivity index (χ1v) is 7.80. The second-order valence-corrected chi connectivity index (χ2v) is 5.64. The summed E-state index contributed by atoms with van der Waals surface area (Å²) < 4.78 is 46.0. The van der Waals surface area contributed by atoms with E-state index in [1.165, 1.54) is 30.0 Å². The molecule has 1 unspecified atom stereocenters. The standard InChI is InChI=1S/C14H16F3NO3S/c1-2-20-7-6-18-12(19)9-22-13(18)10-4-3-5-11(8-10)21-14(15,16)17/h3-5,8,13H,2,6-7,9H2,1H3. The van der Waals surface area contributed by atoms with Gasteiger partial charge in [-0.1, -0.05) is 12.1 Å². The molecule has 1 aromatic carbocycles. The minimum atomic E-state index is -4.73. The van der Waals surface area contributed by atoms with E-state index in [9.17, 15) is 18.0 Å². The lowest BCUT2D eigenvalue weighted by Crippen LogP contribution is -2.31. The molecule has 0 spiro atoms.